The number of hydrogen-bond acceptors (Lipinski definition) is 2. The molecule has 0 atom stereocenters. The second kappa shape index (κ2) is 6.80. The quantitative estimate of drug-likeness (QED) is 0.787. The second-order valence-electron chi connectivity index (χ2n) is 9.79. The molecule has 1 aliphatic heterocycles. The molecule has 26 heavy (non-hydrogen) atoms. The van der Waals surface area contributed by atoms with Crippen LogP contribution < -0.4 is 0 Å². The topological polar surface area (TPSA) is 6.48 Å². The van der Waals surface area contributed by atoms with Crippen LogP contribution in [0.2, 0.25) is 0 Å². The van der Waals surface area contributed by atoms with Crippen molar-refractivity contribution in [2.75, 3.05) is 39.8 Å². The largest absolute Gasteiger partial charge is 0.304 e. The van der Waals surface area contributed by atoms with E-state index in [1.54, 1.807) is 5.57 Å². The average Bonchev–Trinajstić information content (AvgIpc) is 2.63. The van der Waals surface area contributed by atoms with Crippen LogP contribution in [0.1, 0.15) is 44.1 Å². The Kier molecular flexibility index (Phi) is 4.45. The highest BCUT2D eigenvalue weighted by molar-refractivity contribution is 5.71. The third kappa shape index (κ3) is 3.16. The van der Waals surface area contributed by atoms with E-state index in [9.17, 15) is 0 Å². The lowest BCUT2D eigenvalue weighted by molar-refractivity contribution is -0.0179. The van der Waals surface area contributed by atoms with E-state index in [1.807, 2.05) is 0 Å². The van der Waals surface area contributed by atoms with Gasteiger partial charge in [-0.2, -0.15) is 0 Å². The van der Waals surface area contributed by atoms with Crippen molar-refractivity contribution in [1.29, 1.82) is 0 Å². The fraction of sp³-hybridized carbons (Fsp3) is 0.667. The van der Waals surface area contributed by atoms with Crippen LogP contribution in [-0.2, 0) is 0 Å². The fourth-order valence-corrected chi connectivity index (χ4v) is 6.95. The monoisotopic (exact) mass is 350 g/mol. The van der Waals surface area contributed by atoms with Gasteiger partial charge >= 0.3 is 0 Å². The van der Waals surface area contributed by atoms with Crippen LogP contribution >= 0.6 is 0 Å². The summed E-state index contributed by atoms with van der Waals surface area (Å²) in [5.41, 5.74) is 3.70. The molecule has 140 valence electrons. The van der Waals surface area contributed by atoms with Gasteiger partial charge in [0.25, 0.3) is 0 Å². The molecule has 0 N–H and O–H groups in total. The summed E-state index contributed by atoms with van der Waals surface area (Å²) in [4.78, 5) is 5.11. The lowest BCUT2D eigenvalue weighted by atomic mass is 9.47. The molecule has 4 aliphatic carbocycles. The summed E-state index contributed by atoms with van der Waals surface area (Å²) in [7, 11) is 2.25. The standard InChI is InChI=1S/C24H34N2/c1-25-9-11-26(12-10-25)8-7-23(22-5-3-2-4-6-22)24-16-19-13-20(17-24)15-21(14-19)18-24/h2-7,19-21H,8-18H2,1H3. The number of allylic oxidation sites excluding steroid dienone is 1. The maximum Gasteiger partial charge on any atom is 0.0170 e. The van der Waals surface area contributed by atoms with Crippen LogP contribution in [0.15, 0.2) is 36.4 Å². The predicted molar refractivity (Wildman–Crippen MR) is 109 cm³/mol. The van der Waals surface area contributed by atoms with Crippen molar-refractivity contribution in [2.45, 2.75) is 38.5 Å². The van der Waals surface area contributed by atoms with Crippen molar-refractivity contribution in [3.63, 3.8) is 0 Å². The first kappa shape index (κ1) is 17.0. The molecule has 6 rings (SSSR count). The van der Waals surface area contributed by atoms with E-state index in [1.165, 1.54) is 70.3 Å². The summed E-state index contributed by atoms with van der Waals surface area (Å²) >= 11 is 0. The number of benzene rings is 1. The minimum absolute atomic E-state index is 0.489. The summed E-state index contributed by atoms with van der Waals surface area (Å²) in [6.45, 7) is 6.00. The zero-order valence-corrected chi connectivity index (χ0v) is 16.4. The molecule has 1 aromatic carbocycles. The van der Waals surface area contributed by atoms with Crippen LogP contribution in [-0.4, -0.2) is 49.6 Å². The lowest BCUT2D eigenvalue weighted by Crippen LogP contribution is -2.47. The molecule has 1 saturated heterocycles. The summed E-state index contributed by atoms with van der Waals surface area (Å²) in [5.74, 6) is 3.03. The molecule has 5 aliphatic rings. The third-order valence-electron chi connectivity index (χ3n) is 7.84. The first-order valence-corrected chi connectivity index (χ1v) is 10.9. The van der Waals surface area contributed by atoms with E-state index in [-0.39, 0.29) is 0 Å². The number of hydrogen-bond donors (Lipinski definition) is 0. The molecule has 4 bridgehead atoms. The van der Waals surface area contributed by atoms with Crippen LogP contribution in [0, 0.1) is 23.2 Å². The van der Waals surface area contributed by atoms with Gasteiger partial charge in [0.1, 0.15) is 0 Å². The van der Waals surface area contributed by atoms with E-state index in [4.69, 9.17) is 0 Å². The van der Waals surface area contributed by atoms with E-state index in [0.29, 0.717) is 5.41 Å². The van der Waals surface area contributed by atoms with Crippen molar-refractivity contribution in [3.05, 3.63) is 42.0 Å². The Morgan fingerprint density at radius 1 is 0.923 bits per heavy atom. The zero-order chi connectivity index (χ0) is 17.6. The number of piperazine rings is 1. The molecule has 0 amide bonds. The fourth-order valence-electron chi connectivity index (χ4n) is 6.95. The molecule has 0 aromatic heterocycles. The minimum atomic E-state index is 0.489. The van der Waals surface area contributed by atoms with Gasteiger partial charge in [0, 0.05) is 32.7 Å². The van der Waals surface area contributed by atoms with E-state index in [2.05, 4.69) is 53.3 Å². The zero-order valence-electron chi connectivity index (χ0n) is 16.4. The highest BCUT2D eigenvalue weighted by atomic mass is 15.2. The molecular formula is C24H34N2. The Balaban J connectivity index is 1.44. The van der Waals surface area contributed by atoms with E-state index in [0.717, 1.165) is 24.3 Å². The molecule has 5 fully saturated rings. The summed E-state index contributed by atoms with van der Waals surface area (Å²) in [5, 5.41) is 0. The minimum Gasteiger partial charge on any atom is -0.304 e. The Hall–Kier alpha value is -1.12. The maximum atomic E-state index is 2.66. The smallest absolute Gasteiger partial charge is 0.0170 e. The van der Waals surface area contributed by atoms with Crippen LogP contribution in [0.25, 0.3) is 5.57 Å². The van der Waals surface area contributed by atoms with Crippen LogP contribution in [0.5, 0.6) is 0 Å². The van der Waals surface area contributed by atoms with Crippen molar-refractivity contribution in [2.24, 2.45) is 23.2 Å². The summed E-state index contributed by atoms with van der Waals surface area (Å²) < 4.78 is 0. The predicted octanol–water partition coefficient (Wildman–Crippen LogP) is 4.53. The number of likely N-dealkylation sites (N-methyl/N-ethyl adjacent to an activating group) is 1. The summed E-state index contributed by atoms with van der Waals surface area (Å²) in [6.07, 6.45) is 11.6. The highest BCUT2D eigenvalue weighted by Crippen LogP contribution is 2.64. The first-order valence-electron chi connectivity index (χ1n) is 10.9. The van der Waals surface area contributed by atoms with Crippen molar-refractivity contribution >= 4 is 5.57 Å². The Morgan fingerprint density at radius 2 is 1.50 bits per heavy atom. The summed E-state index contributed by atoms with van der Waals surface area (Å²) in [6, 6.07) is 11.4. The van der Waals surface area contributed by atoms with Crippen LogP contribution in [0.4, 0.5) is 0 Å². The Bertz CT molecular complexity index is 619. The molecule has 0 spiro atoms. The number of rotatable bonds is 4. The van der Waals surface area contributed by atoms with Gasteiger partial charge in [-0.1, -0.05) is 36.4 Å². The molecule has 4 saturated carbocycles. The van der Waals surface area contributed by atoms with Gasteiger partial charge in [-0.3, -0.25) is 4.90 Å². The molecule has 0 unspecified atom stereocenters. The average molecular weight is 351 g/mol. The van der Waals surface area contributed by atoms with Gasteiger partial charge in [0.15, 0.2) is 0 Å². The van der Waals surface area contributed by atoms with Gasteiger partial charge in [-0.25, -0.2) is 0 Å². The van der Waals surface area contributed by atoms with E-state index < -0.39 is 0 Å². The first-order chi connectivity index (χ1) is 12.7. The molecular weight excluding hydrogens is 316 g/mol. The van der Waals surface area contributed by atoms with Gasteiger partial charge in [0.05, 0.1) is 0 Å². The van der Waals surface area contributed by atoms with Gasteiger partial charge in [-0.05, 0) is 79.9 Å². The van der Waals surface area contributed by atoms with Gasteiger partial charge in [0.2, 0.25) is 0 Å². The SMILES string of the molecule is CN1CCN(CC=C(c2ccccc2)C23CC4CC(CC(C4)C2)C3)CC1. The Morgan fingerprint density at radius 3 is 2.08 bits per heavy atom. The Labute approximate surface area is 159 Å². The van der Waals surface area contributed by atoms with E-state index >= 15 is 0 Å². The molecule has 1 aromatic rings. The second-order valence-corrected chi connectivity index (χ2v) is 9.79. The van der Waals surface area contributed by atoms with Gasteiger partial charge in [-0.15, -0.1) is 0 Å². The maximum absolute atomic E-state index is 2.66. The molecule has 0 radical (unpaired) electrons. The molecule has 1 heterocycles. The van der Waals surface area contributed by atoms with Crippen LogP contribution in [0.3, 0.4) is 0 Å². The van der Waals surface area contributed by atoms with Crippen molar-refractivity contribution < 1.29 is 0 Å². The van der Waals surface area contributed by atoms with Crippen molar-refractivity contribution in [1.82, 2.24) is 9.80 Å². The van der Waals surface area contributed by atoms with Crippen molar-refractivity contribution in [3.8, 4) is 0 Å². The van der Waals surface area contributed by atoms with Gasteiger partial charge < -0.3 is 4.90 Å². The lowest BCUT2D eigenvalue weighted by Gasteiger charge is -2.58. The number of nitrogens with zero attached hydrogens (tertiary/aromatic N) is 2. The molecule has 2 heteroatoms. The molecule has 2 nitrogen and oxygen atoms in total. The highest BCUT2D eigenvalue weighted by Gasteiger charge is 2.52. The third-order valence-corrected chi connectivity index (χ3v) is 7.84. The normalized spacial score (nSPS) is 38.0.